The number of hydrogen-bond donors (Lipinski definition) is 0. The van der Waals surface area contributed by atoms with Crippen molar-refractivity contribution in [3.05, 3.63) is 64.1 Å². The predicted octanol–water partition coefficient (Wildman–Crippen LogP) is 3.95. The Bertz CT molecular complexity index is 592. The first-order chi connectivity index (χ1) is 9.70. The first-order valence-corrected chi connectivity index (χ1v) is 7.32. The van der Waals surface area contributed by atoms with Gasteiger partial charge in [0.1, 0.15) is 5.82 Å². The molecule has 0 N–H and O–H groups in total. The highest BCUT2D eigenvalue weighted by Gasteiger charge is 2.09. The lowest BCUT2D eigenvalue weighted by Crippen LogP contribution is -2.28. The number of rotatable bonds is 5. The minimum atomic E-state index is -0.321. The first kappa shape index (κ1) is 14.5. The average Bonchev–Trinajstić information content (AvgIpc) is 2.96. The molecule has 0 fully saturated rings. The van der Waals surface area contributed by atoms with Crippen molar-refractivity contribution in [3.8, 4) is 0 Å². The van der Waals surface area contributed by atoms with Crippen molar-refractivity contribution in [2.45, 2.75) is 13.5 Å². The third-order valence-corrected chi connectivity index (χ3v) is 3.79. The molecule has 1 aromatic heterocycles. The molecule has 0 radical (unpaired) electrons. The third kappa shape index (κ3) is 3.78. The van der Waals surface area contributed by atoms with Crippen LogP contribution in [0.5, 0.6) is 0 Å². The molecule has 0 saturated heterocycles. The van der Waals surface area contributed by atoms with E-state index in [1.54, 1.807) is 34.4 Å². The quantitative estimate of drug-likeness (QED) is 0.763. The topological polar surface area (TPSA) is 20.3 Å². The van der Waals surface area contributed by atoms with Crippen LogP contribution in [0.15, 0.2) is 47.9 Å². The molecule has 2 rings (SSSR count). The summed E-state index contributed by atoms with van der Waals surface area (Å²) in [6.07, 6.45) is 2.95. The Morgan fingerprint density at radius 1 is 1.30 bits per heavy atom. The molecule has 0 aliphatic carbocycles. The molecule has 1 amide bonds. The minimum Gasteiger partial charge on any atom is -0.334 e. The maximum absolute atomic E-state index is 13.5. The zero-order valence-electron chi connectivity index (χ0n) is 11.3. The normalized spacial score (nSPS) is 10.9. The van der Waals surface area contributed by atoms with Crippen molar-refractivity contribution < 1.29 is 9.18 Å². The molecule has 1 aromatic carbocycles. The summed E-state index contributed by atoms with van der Waals surface area (Å²) in [5, 5.41) is 1.99. The maximum atomic E-state index is 13.5. The Balaban J connectivity index is 2.04. The van der Waals surface area contributed by atoms with Crippen LogP contribution in [-0.2, 0) is 11.3 Å². The van der Waals surface area contributed by atoms with Gasteiger partial charge in [0.2, 0.25) is 5.91 Å². The van der Waals surface area contributed by atoms with Gasteiger partial charge in [0.25, 0.3) is 0 Å². The van der Waals surface area contributed by atoms with E-state index in [1.165, 1.54) is 18.2 Å². The van der Waals surface area contributed by atoms with Crippen LogP contribution in [0.4, 0.5) is 4.39 Å². The number of hydrogen-bond acceptors (Lipinski definition) is 2. The van der Waals surface area contributed by atoms with Gasteiger partial charge in [-0.3, -0.25) is 4.79 Å². The fraction of sp³-hybridized carbons (Fsp3) is 0.188. The van der Waals surface area contributed by atoms with E-state index in [-0.39, 0.29) is 11.7 Å². The van der Waals surface area contributed by atoms with E-state index in [0.29, 0.717) is 18.7 Å². The monoisotopic (exact) mass is 289 g/mol. The van der Waals surface area contributed by atoms with Gasteiger partial charge in [-0.15, -0.1) is 11.3 Å². The molecular weight excluding hydrogens is 273 g/mol. The molecule has 4 heteroatoms. The number of thiophene rings is 1. The number of carbonyl (C=O) groups excluding carboxylic acids is 1. The molecule has 20 heavy (non-hydrogen) atoms. The van der Waals surface area contributed by atoms with Gasteiger partial charge in [0.05, 0.1) is 6.54 Å². The fourth-order valence-corrected chi connectivity index (χ4v) is 2.53. The van der Waals surface area contributed by atoms with Crippen LogP contribution in [-0.4, -0.2) is 17.4 Å². The number of benzene rings is 1. The summed E-state index contributed by atoms with van der Waals surface area (Å²) >= 11 is 1.62. The molecular formula is C16H16FNOS. The van der Waals surface area contributed by atoms with Crippen LogP contribution >= 0.6 is 11.3 Å². The van der Waals surface area contributed by atoms with Crippen molar-refractivity contribution in [3.63, 3.8) is 0 Å². The van der Waals surface area contributed by atoms with E-state index in [0.717, 1.165) is 4.88 Å². The first-order valence-electron chi connectivity index (χ1n) is 6.44. The molecule has 0 aliphatic heterocycles. The van der Waals surface area contributed by atoms with E-state index in [9.17, 15) is 9.18 Å². The molecule has 0 unspecified atom stereocenters. The van der Waals surface area contributed by atoms with Crippen molar-refractivity contribution in [1.29, 1.82) is 0 Å². The number of nitrogens with zero attached hydrogens (tertiary/aromatic N) is 1. The van der Waals surface area contributed by atoms with E-state index >= 15 is 0 Å². The van der Waals surface area contributed by atoms with Gasteiger partial charge in [-0.05, 0) is 30.5 Å². The zero-order chi connectivity index (χ0) is 14.4. The van der Waals surface area contributed by atoms with E-state index in [2.05, 4.69) is 0 Å². The lowest BCUT2D eigenvalue weighted by atomic mass is 10.2. The second-order valence-corrected chi connectivity index (χ2v) is 5.32. The summed E-state index contributed by atoms with van der Waals surface area (Å²) in [6, 6.07) is 10.4. The Morgan fingerprint density at radius 2 is 2.10 bits per heavy atom. The van der Waals surface area contributed by atoms with E-state index in [4.69, 9.17) is 0 Å². The standard InChI is InChI=1S/C16H16FNOS/c1-2-18(12-14-7-5-11-20-14)16(19)10-9-13-6-3-4-8-15(13)17/h3-11H,2,12H2,1H3/b10-9+. The fourth-order valence-electron chi connectivity index (χ4n) is 1.81. The largest absolute Gasteiger partial charge is 0.334 e. The minimum absolute atomic E-state index is 0.107. The summed E-state index contributed by atoms with van der Waals surface area (Å²) in [5.41, 5.74) is 0.424. The molecule has 0 bridgehead atoms. The van der Waals surface area contributed by atoms with Crippen molar-refractivity contribution >= 4 is 23.3 Å². The van der Waals surface area contributed by atoms with Crippen molar-refractivity contribution in [2.75, 3.05) is 6.54 Å². The van der Waals surface area contributed by atoms with Gasteiger partial charge in [-0.2, -0.15) is 0 Å². The van der Waals surface area contributed by atoms with Crippen LogP contribution in [0, 0.1) is 5.82 Å². The van der Waals surface area contributed by atoms with Crippen LogP contribution < -0.4 is 0 Å². The highest BCUT2D eigenvalue weighted by molar-refractivity contribution is 7.09. The van der Waals surface area contributed by atoms with Gasteiger partial charge in [0, 0.05) is 23.1 Å². The number of likely N-dealkylation sites (N-methyl/N-ethyl adjacent to an activating group) is 1. The van der Waals surface area contributed by atoms with Gasteiger partial charge < -0.3 is 4.90 Å². The SMILES string of the molecule is CCN(Cc1cccs1)C(=O)/C=C/c1ccccc1F. The number of carbonyl (C=O) groups is 1. The smallest absolute Gasteiger partial charge is 0.246 e. The summed E-state index contributed by atoms with van der Waals surface area (Å²) in [7, 11) is 0. The van der Waals surface area contributed by atoms with Gasteiger partial charge in [-0.1, -0.05) is 24.3 Å². The Labute approximate surface area is 122 Å². The Hall–Kier alpha value is -1.94. The predicted molar refractivity (Wildman–Crippen MR) is 80.8 cm³/mol. The molecule has 2 aromatic rings. The van der Waals surface area contributed by atoms with Crippen LogP contribution in [0.25, 0.3) is 6.08 Å². The highest BCUT2D eigenvalue weighted by atomic mass is 32.1. The van der Waals surface area contributed by atoms with Gasteiger partial charge in [0.15, 0.2) is 0 Å². The van der Waals surface area contributed by atoms with Crippen molar-refractivity contribution in [2.24, 2.45) is 0 Å². The molecule has 0 atom stereocenters. The summed E-state index contributed by atoms with van der Waals surface area (Å²) in [5.74, 6) is -0.429. The molecule has 104 valence electrons. The van der Waals surface area contributed by atoms with Crippen LogP contribution in [0.1, 0.15) is 17.4 Å². The second-order valence-electron chi connectivity index (χ2n) is 4.29. The summed E-state index contributed by atoms with van der Waals surface area (Å²) in [4.78, 5) is 15.0. The van der Waals surface area contributed by atoms with E-state index < -0.39 is 0 Å². The average molecular weight is 289 g/mol. The van der Waals surface area contributed by atoms with Crippen molar-refractivity contribution in [1.82, 2.24) is 4.90 Å². The number of amides is 1. The lowest BCUT2D eigenvalue weighted by Gasteiger charge is -2.18. The van der Waals surface area contributed by atoms with Gasteiger partial charge >= 0.3 is 0 Å². The van der Waals surface area contributed by atoms with E-state index in [1.807, 2.05) is 24.4 Å². The lowest BCUT2D eigenvalue weighted by molar-refractivity contribution is -0.126. The second kappa shape index (κ2) is 7.01. The molecule has 0 spiro atoms. The number of halogens is 1. The maximum Gasteiger partial charge on any atom is 0.246 e. The molecule has 1 heterocycles. The summed E-state index contributed by atoms with van der Waals surface area (Å²) in [6.45, 7) is 3.15. The third-order valence-electron chi connectivity index (χ3n) is 2.93. The molecule has 0 saturated carbocycles. The Kier molecular flexibility index (Phi) is 5.07. The summed E-state index contributed by atoms with van der Waals surface area (Å²) < 4.78 is 13.5. The zero-order valence-corrected chi connectivity index (χ0v) is 12.1. The van der Waals surface area contributed by atoms with Crippen LogP contribution in [0.3, 0.4) is 0 Å². The highest BCUT2D eigenvalue weighted by Crippen LogP contribution is 2.13. The Morgan fingerprint density at radius 3 is 2.75 bits per heavy atom. The van der Waals surface area contributed by atoms with Gasteiger partial charge in [-0.25, -0.2) is 4.39 Å². The van der Waals surface area contributed by atoms with Crippen LogP contribution in [0.2, 0.25) is 0 Å². The molecule has 2 nitrogen and oxygen atoms in total. The molecule has 0 aliphatic rings.